The lowest BCUT2D eigenvalue weighted by Gasteiger charge is -2.30. The number of hydrogen-bond donors (Lipinski definition) is 0. The van der Waals surface area contributed by atoms with Crippen LogP contribution in [0.15, 0.2) is 48.5 Å². The Kier molecular flexibility index (Phi) is 5.17. The zero-order valence-electron chi connectivity index (χ0n) is 13.3. The first-order chi connectivity index (χ1) is 10.9. The normalized spacial score (nSPS) is 13.4. The molecule has 0 unspecified atom stereocenters. The molecule has 0 spiro atoms. The van der Waals surface area contributed by atoms with Crippen LogP contribution < -0.4 is 0 Å². The molecule has 1 aliphatic carbocycles. The van der Waals surface area contributed by atoms with Crippen LogP contribution in [0.25, 0.3) is 11.1 Å². The molecule has 2 aromatic rings. The third-order valence-corrected chi connectivity index (χ3v) is 4.76. The predicted octanol–water partition coefficient (Wildman–Crippen LogP) is 5.49. The van der Waals surface area contributed by atoms with Crippen LogP contribution in [-0.2, 0) is 0 Å². The number of benzene rings is 2. The first kappa shape index (κ1) is 15.6. The highest BCUT2D eigenvalue weighted by Crippen LogP contribution is 2.46. The van der Waals surface area contributed by atoms with Crippen LogP contribution in [0.4, 0.5) is 0 Å². The van der Waals surface area contributed by atoms with E-state index in [2.05, 4.69) is 60.4 Å². The summed E-state index contributed by atoms with van der Waals surface area (Å²) in [7, 11) is 0. The van der Waals surface area contributed by atoms with E-state index < -0.39 is 0 Å². The van der Waals surface area contributed by atoms with Crippen molar-refractivity contribution in [1.29, 1.82) is 0 Å². The van der Waals surface area contributed by atoms with Gasteiger partial charge in [0.25, 0.3) is 0 Å². The fraction of sp³-hybridized carbons (Fsp3) is 0.400. The Labute approximate surface area is 138 Å². The van der Waals surface area contributed by atoms with Crippen molar-refractivity contribution in [3.63, 3.8) is 0 Å². The van der Waals surface area contributed by atoms with Crippen LogP contribution in [0, 0.1) is 0 Å². The quantitative estimate of drug-likeness (QED) is 0.483. The molecule has 1 aliphatic rings. The average molecular weight is 314 g/mol. The Bertz CT molecular complexity index is 577. The van der Waals surface area contributed by atoms with Crippen molar-refractivity contribution < 1.29 is 0 Å². The van der Waals surface area contributed by atoms with Crippen molar-refractivity contribution in [2.24, 2.45) is 0 Å². The summed E-state index contributed by atoms with van der Waals surface area (Å²) < 4.78 is 0. The molecule has 2 heteroatoms. The van der Waals surface area contributed by atoms with Crippen molar-refractivity contribution in [3.8, 4) is 11.1 Å². The molecule has 0 radical (unpaired) electrons. The second-order valence-electron chi connectivity index (χ2n) is 6.01. The molecule has 0 heterocycles. The molecule has 1 nitrogen and oxygen atoms in total. The molecule has 0 bridgehead atoms. The average Bonchev–Trinajstić information content (AvgIpc) is 2.89. The second kappa shape index (κ2) is 7.30. The summed E-state index contributed by atoms with van der Waals surface area (Å²) in [6.45, 7) is 4.32. The van der Waals surface area contributed by atoms with Gasteiger partial charge in [-0.05, 0) is 35.2 Å². The van der Waals surface area contributed by atoms with E-state index in [4.69, 9.17) is 11.6 Å². The minimum Gasteiger partial charge on any atom is -0.291 e. The van der Waals surface area contributed by atoms with Crippen molar-refractivity contribution in [2.75, 3.05) is 19.0 Å². The van der Waals surface area contributed by atoms with Crippen molar-refractivity contribution in [2.45, 2.75) is 32.2 Å². The van der Waals surface area contributed by atoms with Crippen LogP contribution in [0.3, 0.4) is 0 Å². The molecule has 0 amide bonds. The van der Waals surface area contributed by atoms with Gasteiger partial charge >= 0.3 is 0 Å². The number of rotatable bonds is 7. The Morgan fingerprint density at radius 3 is 2.00 bits per heavy atom. The van der Waals surface area contributed by atoms with Gasteiger partial charge in [-0.1, -0.05) is 68.3 Å². The molecular formula is C20H24ClN. The fourth-order valence-corrected chi connectivity index (χ4v) is 3.78. The lowest BCUT2D eigenvalue weighted by atomic mass is 10.0. The summed E-state index contributed by atoms with van der Waals surface area (Å²) in [6.07, 6.45) is 3.79. The lowest BCUT2D eigenvalue weighted by molar-refractivity contribution is 0.237. The fourth-order valence-electron chi connectivity index (χ4n) is 3.57. The number of halogens is 1. The van der Waals surface area contributed by atoms with Gasteiger partial charge in [0.1, 0.15) is 0 Å². The maximum Gasteiger partial charge on any atom is 0.0614 e. The van der Waals surface area contributed by atoms with Crippen molar-refractivity contribution in [1.82, 2.24) is 4.90 Å². The molecule has 0 aliphatic heterocycles. The van der Waals surface area contributed by atoms with E-state index in [1.165, 1.54) is 41.5 Å². The molecule has 3 rings (SSSR count). The minimum atomic E-state index is 0.364. The summed E-state index contributed by atoms with van der Waals surface area (Å²) in [5.41, 5.74) is 5.65. The van der Waals surface area contributed by atoms with E-state index in [1.807, 2.05) is 0 Å². The third kappa shape index (κ3) is 2.93. The minimum absolute atomic E-state index is 0.364. The van der Waals surface area contributed by atoms with Gasteiger partial charge in [-0.15, -0.1) is 11.6 Å². The van der Waals surface area contributed by atoms with Gasteiger partial charge in [-0.25, -0.2) is 0 Å². The van der Waals surface area contributed by atoms with Crippen LogP contribution >= 0.6 is 11.6 Å². The third-order valence-electron chi connectivity index (χ3n) is 4.59. The van der Waals surface area contributed by atoms with Gasteiger partial charge in [-0.2, -0.15) is 0 Å². The molecule has 116 valence electrons. The van der Waals surface area contributed by atoms with Gasteiger partial charge in [-0.3, -0.25) is 4.90 Å². The monoisotopic (exact) mass is 313 g/mol. The number of fused-ring (bicyclic) bond motifs is 3. The molecule has 0 aromatic heterocycles. The van der Waals surface area contributed by atoms with Gasteiger partial charge in [0.05, 0.1) is 6.04 Å². The van der Waals surface area contributed by atoms with Crippen LogP contribution in [0.1, 0.15) is 43.4 Å². The molecule has 2 aromatic carbocycles. The summed E-state index contributed by atoms with van der Waals surface area (Å²) in [5, 5.41) is 0. The zero-order chi connectivity index (χ0) is 15.4. The number of unbranched alkanes of at least 4 members (excludes halogenated alkanes) is 2. The van der Waals surface area contributed by atoms with Crippen LogP contribution in [0.5, 0.6) is 0 Å². The largest absolute Gasteiger partial charge is 0.291 e. The summed E-state index contributed by atoms with van der Waals surface area (Å²) >= 11 is 6.10. The summed E-state index contributed by atoms with van der Waals surface area (Å²) in [5.74, 6) is 0.687. The van der Waals surface area contributed by atoms with Crippen LogP contribution in [0.2, 0.25) is 0 Å². The second-order valence-corrected chi connectivity index (χ2v) is 6.39. The molecular weight excluding hydrogens is 290 g/mol. The highest BCUT2D eigenvalue weighted by molar-refractivity contribution is 6.18. The Morgan fingerprint density at radius 1 is 0.864 bits per heavy atom. The van der Waals surface area contributed by atoms with E-state index in [1.54, 1.807) is 0 Å². The van der Waals surface area contributed by atoms with Crippen LogP contribution in [-0.4, -0.2) is 23.9 Å². The standard InChI is InChI=1S/C20H24ClN/c1-2-3-8-14-22(15-13-21)20-18-11-6-4-9-16(18)17-10-5-7-12-19(17)20/h4-7,9-12,20H,2-3,8,13-15H2,1H3. The maximum absolute atomic E-state index is 6.10. The Balaban J connectivity index is 1.97. The smallest absolute Gasteiger partial charge is 0.0614 e. The Hall–Kier alpha value is -1.31. The summed E-state index contributed by atoms with van der Waals surface area (Å²) in [6, 6.07) is 18.0. The van der Waals surface area contributed by atoms with Crippen molar-refractivity contribution >= 4 is 11.6 Å². The first-order valence-electron chi connectivity index (χ1n) is 8.35. The number of alkyl halides is 1. The Morgan fingerprint density at radius 2 is 1.45 bits per heavy atom. The highest BCUT2D eigenvalue weighted by Gasteiger charge is 2.31. The van der Waals surface area contributed by atoms with E-state index in [9.17, 15) is 0 Å². The van der Waals surface area contributed by atoms with Gasteiger partial charge < -0.3 is 0 Å². The van der Waals surface area contributed by atoms with E-state index >= 15 is 0 Å². The van der Waals surface area contributed by atoms with Gasteiger partial charge in [0, 0.05) is 12.4 Å². The molecule has 0 fully saturated rings. The lowest BCUT2D eigenvalue weighted by Crippen LogP contribution is -2.31. The predicted molar refractivity (Wildman–Crippen MR) is 95.5 cm³/mol. The van der Waals surface area contributed by atoms with E-state index in [-0.39, 0.29) is 0 Å². The molecule has 0 N–H and O–H groups in total. The molecule has 0 saturated carbocycles. The van der Waals surface area contributed by atoms with Gasteiger partial charge in [0.15, 0.2) is 0 Å². The zero-order valence-corrected chi connectivity index (χ0v) is 14.0. The molecule has 0 atom stereocenters. The highest BCUT2D eigenvalue weighted by atomic mass is 35.5. The number of hydrogen-bond acceptors (Lipinski definition) is 1. The first-order valence-corrected chi connectivity index (χ1v) is 8.88. The van der Waals surface area contributed by atoms with Crippen molar-refractivity contribution in [3.05, 3.63) is 59.7 Å². The van der Waals surface area contributed by atoms with Gasteiger partial charge in [0.2, 0.25) is 0 Å². The summed E-state index contributed by atoms with van der Waals surface area (Å²) in [4.78, 5) is 2.56. The number of nitrogens with zero attached hydrogens (tertiary/aromatic N) is 1. The van der Waals surface area contributed by atoms with E-state index in [0.717, 1.165) is 13.1 Å². The molecule has 22 heavy (non-hydrogen) atoms. The topological polar surface area (TPSA) is 3.24 Å². The SMILES string of the molecule is CCCCCN(CCCl)C1c2ccccc2-c2ccccc21. The molecule has 0 saturated heterocycles. The van der Waals surface area contributed by atoms with E-state index in [0.29, 0.717) is 11.9 Å². The maximum atomic E-state index is 6.10.